The van der Waals surface area contributed by atoms with Gasteiger partial charge in [0.05, 0.1) is 29.2 Å². The molecule has 0 unspecified atom stereocenters. The minimum Gasteiger partial charge on any atom is -0.465 e. The Morgan fingerprint density at radius 1 is 1.07 bits per heavy atom. The van der Waals surface area contributed by atoms with Crippen molar-refractivity contribution in [3.8, 4) is 11.5 Å². The van der Waals surface area contributed by atoms with Gasteiger partial charge in [0.25, 0.3) is 0 Å². The van der Waals surface area contributed by atoms with Crippen LogP contribution in [0.15, 0.2) is 48.5 Å². The quantitative estimate of drug-likeness (QED) is 0.448. The SMILES string of the molecule is COC(=O)c1cc2cc(Cl)ccc2nc1-c1nc2ccccc2n1S(=O)(=O)N(C)C. The number of rotatable bonds is 4. The van der Waals surface area contributed by atoms with Gasteiger partial charge in [-0.1, -0.05) is 23.7 Å². The molecule has 0 radical (unpaired) electrons. The molecule has 0 fully saturated rings. The van der Waals surface area contributed by atoms with Crippen LogP contribution in [-0.4, -0.2) is 53.8 Å². The van der Waals surface area contributed by atoms with E-state index >= 15 is 0 Å². The molecule has 0 amide bonds. The average molecular weight is 445 g/mol. The molecule has 154 valence electrons. The van der Waals surface area contributed by atoms with Crippen LogP contribution in [0.2, 0.25) is 5.02 Å². The molecule has 30 heavy (non-hydrogen) atoms. The maximum atomic E-state index is 13.1. The first-order chi connectivity index (χ1) is 14.2. The van der Waals surface area contributed by atoms with E-state index in [4.69, 9.17) is 16.3 Å². The Bertz CT molecular complexity index is 1410. The van der Waals surface area contributed by atoms with E-state index in [1.54, 1.807) is 48.5 Å². The predicted octanol–water partition coefficient (Wildman–Crippen LogP) is 3.35. The topological polar surface area (TPSA) is 94.4 Å². The fourth-order valence-electron chi connectivity index (χ4n) is 3.13. The Balaban J connectivity index is 2.15. The molecule has 0 aliphatic heterocycles. The zero-order chi connectivity index (χ0) is 21.6. The zero-order valence-corrected chi connectivity index (χ0v) is 17.9. The highest BCUT2D eigenvalue weighted by Crippen LogP contribution is 2.31. The van der Waals surface area contributed by atoms with Crippen molar-refractivity contribution in [1.82, 2.24) is 18.2 Å². The van der Waals surface area contributed by atoms with Crippen molar-refractivity contribution in [3.63, 3.8) is 0 Å². The van der Waals surface area contributed by atoms with E-state index in [0.29, 0.717) is 27.0 Å². The minimum atomic E-state index is -3.97. The summed E-state index contributed by atoms with van der Waals surface area (Å²) in [5.74, 6) is -0.651. The molecular weight excluding hydrogens is 428 g/mol. The van der Waals surface area contributed by atoms with Crippen molar-refractivity contribution in [2.75, 3.05) is 21.2 Å². The van der Waals surface area contributed by atoms with Gasteiger partial charge < -0.3 is 4.74 Å². The summed E-state index contributed by atoms with van der Waals surface area (Å²) in [5.41, 5.74) is 1.53. The van der Waals surface area contributed by atoms with E-state index in [-0.39, 0.29) is 17.1 Å². The van der Waals surface area contributed by atoms with Crippen LogP contribution in [0.3, 0.4) is 0 Å². The van der Waals surface area contributed by atoms with E-state index < -0.39 is 16.2 Å². The van der Waals surface area contributed by atoms with Crippen molar-refractivity contribution in [2.45, 2.75) is 0 Å². The lowest BCUT2D eigenvalue weighted by atomic mass is 10.1. The molecule has 2 heterocycles. The molecule has 2 aromatic carbocycles. The number of ether oxygens (including phenoxy) is 1. The van der Waals surface area contributed by atoms with Gasteiger partial charge in [-0.05, 0) is 36.4 Å². The Morgan fingerprint density at radius 2 is 1.80 bits per heavy atom. The van der Waals surface area contributed by atoms with E-state index in [9.17, 15) is 13.2 Å². The molecule has 4 rings (SSSR count). The Morgan fingerprint density at radius 3 is 2.50 bits per heavy atom. The second-order valence-corrected chi connectivity index (χ2v) is 9.12. The summed E-state index contributed by atoms with van der Waals surface area (Å²) < 4.78 is 33.4. The number of esters is 1. The third-order valence-corrected chi connectivity index (χ3v) is 6.59. The Kier molecular flexibility index (Phi) is 4.97. The van der Waals surface area contributed by atoms with Crippen LogP contribution in [0.4, 0.5) is 0 Å². The van der Waals surface area contributed by atoms with Crippen molar-refractivity contribution in [3.05, 3.63) is 59.1 Å². The Labute approximate surface area is 177 Å². The first-order valence-electron chi connectivity index (χ1n) is 8.83. The third kappa shape index (κ3) is 3.20. The molecule has 10 heteroatoms. The van der Waals surface area contributed by atoms with Crippen molar-refractivity contribution >= 4 is 49.7 Å². The number of aromatic nitrogens is 3. The molecule has 0 aliphatic carbocycles. The predicted molar refractivity (Wildman–Crippen MR) is 115 cm³/mol. The highest BCUT2D eigenvalue weighted by Gasteiger charge is 2.29. The normalized spacial score (nSPS) is 12.0. The molecule has 0 spiro atoms. The second-order valence-electron chi connectivity index (χ2n) is 6.69. The van der Waals surface area contributed by atoms with E-state index in [1.165, 1.54) is 21.2 Å². The average Bonchev–Trinajstić information content (AvgIpc) is 3.12. The van der Waals surface area contributed by atoms with Gasteiger partial charge in [0.15, 0.2) is 5.82 Å². The summed E-state index contributed by atoms with van der Waals surface area (Å²) >= 11 is 6.07. The second kappa shape index (κ2) is 7.35. The molecule has 0 bridgehead atoms. The minimum absolute atomic E-state index is 0.0159. The van der Waals surface area contributed by atoms with E-state index in [1.807, 2.05) is 0 Å². The third-order valence-electron chi connectivity index (χ3n) is 4.61. The first-order valence-corrected chi connectivity index (χ1v) is 10.6. The summed E-state index contributed by atoms with van der Waals surface area (Å²) in [5, 5.41) is 1.10. The number of hydrogen-bond acceptors (Lipinski definition) is 6. The maximum absolute atomic E-state index is 13.1. The molecule has 0 N–H and O–H groups in total. The number of benzene rings is 2. The van der Waals surface area contributed by atoms with Gasteiger partial charge >= 0.3 is 16.2 Å². The number of fused-ring (bicyclic) bond motifs is 2. The summed E-state index contributed by atoms with van der Waals surface area (Å²) in [7, 11) is 0.113. The molecule has 0 atom stereocenters. The van der Waals surface area contributed by atoms with Gasteiger partial charge in [-0.3, -0.25) is 0 Å². The van der Waals surface area contributed by atoms with Crippen LogP contribution in [0.25, 0.3) is 33.5 Å². The van der Waals surface area contributed by atoms with Crippen molar-refractivity contribution in [2.24, 2.45) is 0 Å². The number of hydrogen-bond donors (Lipinski definition) is 0. The van der Waals surface area contributed by atoms with Gasteiger partial charge in [-0.2, -0.15) is 12.7 Å². The molecule has 4 aromatic rings. The van der Waals surface area contributed by atoms with Crippen molar-refractivity contribution in [1.29, 1.82) is 0 Å². The summed E-state index contributed by atoms with van der Waals surface area (Å²) in [6, 6.07) is 13.4. The number of halogens is 1. The van der Waals surface area contributed by atoms with Gasteiger partial charge in [0.1, 0.15) is 5.69 Å². The number of carbonyl (C=O) groups excluding carboxylic acids is 1. The molecule has 0 aliphatic rings. The van der Waals surface area contributed by atoms with Crippen LogP contribution in [-0.2, 0) is 14.9 Å². The fourth-order valence-corrected chi connectivity index (χ4v) is 4.39. The molecule has 2 aromatic heterocycles. The highest BCUT2D eigenvalue weighted by atomic mass is 35.5. The summed E-state index contributed by atoms with van der Waals surface area (Å²) in [6.45, 7) is 0. The van der Waals surface area contributed by atoms with Crippen LogP contribution in [0.1, 0.15) is 10.4 Å². The lowest BCUT2D eigenvalue weighted by Gasteiger charge is -2.16. The first kappa shape index (κ1) is 20.3. The lowest BCUT2D eigenvalue weighted by Crippen LogP contribution is -2.29. The van der Waals surface area contributed by atoms with Gasteiger partial charge in [-0.15, -0.1) is 0 Å². The summed E-state index contributed by atoms with van der Waals surface area (Å²) in [6.07, 6.45) is 0. The molecule has 8 nitrogen and oxygen atoms in total. The fraction of sp³-hybridized carbons (Fsp3) is 0.150. The van der Waals surface area contributed by atoms with Crippen LogP contribution < -0.4 is 0 Å². The standard InChI is InChI=1S/C20H17ClN4O4S/c1-24(2)30(27,28)25-17-7-5-4-6-16(17)23-19(25)18-14(20(26)29-3)11-12-10-13(21)8-9-15(12)22-18/h4-11H,1-3H3. The number of nitrogens with zero attached hydrogens (tertiary/aromatic N) is 4. The number of para-hydroxylation sites is 2. The summed E-state index contributed by atoms with van der Waals surface area (Å²) in [4.78, 5) is 21.6. The number of pyridine rings is 1. The Hall–Kier alpha value is -3.01. The van der Waals surface area contributed by atoms with E-state index in [0.717, 1.165) is 8.28 Å². The van der Waals surface area contributed by atoms with Crippen LogP contribution in [0.5, 0.6) is 0 Å². The largest absolute Gasteiger partial charge is 0.465 e. The zero-order valence-electron chi connectivity index (χ0n) is 16.3. The number of imidazole rings is 1. The van der Waals surface area contributed by atoms with Gasteiger partial charge in [-0.25, -0.2) is 18.7 Å². The molecular formula is C20H17ClN4O4S. The maximum Gasteiger partial charge on any atom is 0.340 e. The highest BCUT2D eigenvalue weighted by molar-refractivity contribution is 7.87. The lowest BCUT2D eigenvalue weighted by molar-refractivity contribution is 0.0601. The van der Waals surface area contributed by atoms with Gasteiger partial charge in [0.2, 0.25) is 0 Å². The molecule has 0 saturated carbocycles. The number of methoxy groups -OCH3 is 1. The monoisotopic (exact) mass is 444 g/mol. The van der Waals surface area contributed by atoms with Crippen molar-refractivity contribution < 1.29 is 17.9 Å². The van der Waals surface area contributed by atoms with Crippen LogP contribution in [0, 0.1) is 0 Å². The number of carbonyl (C=O) groups is 1. The smallest absolute Gasteiger partial charge is 0.340 e. The molecule has 0 saturated heterocycles. The van der Waals surface area contributed by atoms with E-state index in [2.05, 4.69) is 9.97 Å². The van der Waals surface area contributed by atoms with Crippen LogP contribution >= 0.6 is 11.6 Å². The van der Waals surface area contributed by atoms with Gasteiger partial charge in [0, 0.05) is 24.5 Å².